The number of pyridine rings is 2. The van der Waals surface area contributed by atoms with Gasteiger partial charge in [-0.2, -0.15) is 0 Å². The van der Waals surface area contributed by atoms with E-state index < -0.39 is 5.82 Å². The molecule has 0 bridgehead atoms. The molecule has 0 aromatic carbocycles. The maximum Gasteiger partial charge on any atom is 0.143 e. The first kappa shape index (κ1) is 10.6. The SMILES string of the molecule is Fc1cc(Cl)ncc1C#Cc1cccnc1. The first-order chi connectivity index (χ1) is 7.75. The van der Waals surface area contributed by atoms with Crippen molar-refractivity contribution in [3.05, 3.63) is 58.9 Å². The lowest BCUT2D eigenvalue weighted by molar-refractivity contribution is 0.622. The molecule has 0 atom stereocenters. The number of hydrogen-bond acceptors (Lipinski definition) is 2. The summed E-state index contributed by atoms with van der Waals surface area (Å²) in [6.45, 7) is 0. The molecule has 0 saturated heterocycles. The predicted molar refractivity (Wildman–Crippen MR) is 59.4 cm³/mol. The Morgan fingerprint density at radius 1 is 1.25 bits per heavy atom. The molecule has 0 fully saturated rings. The fraction of sp³-hybridized carbons (Fsp3) is 0. The smallest absolute Gasteiger partial charge is 0.143 e. The summed E-state index contributed by atoms with van der Waals surface area (Å²) >= 11 is 5.52. The second kappa shape index (κ2) is 4.73. The van der Waals surface area contributed by atoms with Crippen molar-refractivity contribution in [1.29, 1.82) is 0 Å². The van der Waals surface area contributed by atoms with E-state index in [1.165, 1.54) is 6.20 Å². The molecule has 0 aliphatic heterocycles. The Balaban J connectivity index is 2.31. The fourth-order valence-electron chi connectivity index (χ4n) is 1.08. The van der Waals surface area contributed by atoms with Crippen LogP contribution in [0.4, 0.5) is 4.39 Å². The van der Waals surface area contributed by atoms with Crippen LogP contribution in [0.2, 0.25) is 5.15 Å². The Morgan fingerprint density at radius 3 is 2.81 bits per heavy atom. The molecule has 4 heteroatoms. The van der Waals surface area contributed by atoms with Gasteiger partial charge >= 0.3 is 0 Å². The van der Waals surface area contributed by atoms with Crippen LogP contribution in [0, 0.1) is 17.7 Å². The Hall–Kier alpha value is -1.92. The number of rotatable bonds is 0. The maximum absolute atomic E-state index is 13.3. The molecule has 16 heavy (non-hydrogen) atoms. The zero-order chi connectivity index (χ0) is 11.4. The number of aromatic nitrogens is 2. The van der Waals surface area contributed by atoms with Gasteiger partial charge in [-0.25, -0.2) is 9.37 Å². The van der Waals surface area contributed by atoms with Gasteiger partial charge in [0.1, 0.15) is 11.0 Å². The van der Waals surface area contributed by atoms with E-state index >= 15 is 0 Å². The number of hydrogen-bond donors (Lipinski definition) is 0. The monoisotopic (exact) mass is 232 g/mol. The number of nitrogens with zero attached hydrogens (tertiary/aromatic N) is 2. The summed E-state index contributed by atoms with van der Waals surface area (Å²) in [7, 11) is 0. The Labute approximate surface area is 97.1 Å². The van der Waals surface area contributed by atoms with Crippen LogP contribution in [0.5, 0.6) is 0 Å². The van der Waals surface area contributed by atoms with E-state index in [2.05, 4.69) is 21.8 Å². The lowest BCUT2D eigenvalue weighted by Gasteiger charge is -1.93. The van der Waals surface area contributed by atoms with E-state index in [9.17, 15) is 4.39 Å². The summed E-state index contributed by atoms with van der Waals surface area (Å²) in [6.07, 6.45) is 4.56. The van der Waals surface area contributed by atoms with Gasteiger partial charge in [-0.3, -0.25) is 4.98 Å². The molecule has 0 saturated carbocycles. The first-order valence-electron chi connectivity index (χ1n) is 4.49. The van der Waals surface area contributed by atoms with Crippen LogP contribution in [0.25, 0.3) is 0 Å². The van der Waals surface area contributed by atoms with Crippen LogP contribution >= 0.6 is 11.6 Å². The summed E-state index contributed by atoms with van der Waals surface area (Å²) < 4.78 is 13.3. The van der Waals surface area contributed by atoms with E-state index in [4.69, 9.17) is 11.6 Å². The third-order valence-electron chi connectivity index (χ3n) is 1.82. The molecule has 0 unspecified atom stereocenters. The maximum atomic E-state index is 13.3. The Bertz CT molecular complexity index is 558. The second-order valence-electron chi connectivity index (χ2n) is 2.98. The molecule has 0 N–H and O–H groups in total. The Kier molecular flexibility index (Phi) is 3.13. The lowest BCUT2D eigenvalue weighted by atomic mass is 10.2. The molecule has 0 aliphatic rings. The summed E-state index contributed by atoms with van der Waals surface area (Å²) in [5.74, 6) is 4.98. The van der Waals surface area contributed by atoms with Crippen molar-refractivity contribution in [3.8, 4) is 11.8 Å². The summed E-state index contributed by atoms with van der Waals surface area (Å²) in [5.41, 5.74) is 0.935. The zero-order valence-electron chi connectivity index (χ0n) is 8.11. The van der Waals surface area contributed by atoms with E-state index in [1.807, 2.05) is 0 Å². The van der Waals surface area contributed by atoms with Gasteiger partial charge in [-0.05, 0) is 12.1 Å². The molecule has 0 radical (unpaired) electrons. The molecular formula is C12H6ClFN2. The van der Waals surface area contributed by atoms with Crippen molar-refractivity contribution in [2.24, 2.45) is 0 Å². The Morgan fingerprint density at radius 2 is 2.12 bits per heavy atom. The van der Waals surface area contributed by atoms with Crippen molar-refractivity contribution in [3.63, 3.8) is 0 Å². The van der Waals surface area contributed by atoms with Crippen molar-refractivity contribution < 1.29 is 4.39 Å². The topological polar surface area (TPSA) is 25.8 Å². The number of halogens is 2. The fourth-order valence-corrected chi connectivity index (χ4v) is 1.22. The molecule has 2 heterocycles. The minimum Gasteiger partial charge on any atom is -0.263 e. The van der Waals surface area contributed by atoms with Crippen LogP contribution in [0.15, 0.2) is 36.8 Å². The average molecular weight is 233 g/mol. The van der Waals surface area contributed by atoms with Crippen molar-refractivity contribution in [2.75, 3.05) is 0 Å². The van der Waals surface area contributed by atoms with Gasteiger partial charge in [0, 0.05) is 30.2 Å². The average Bonchev–Trinajstić information content (AvgIpc) is 2.29. The van der Waals surface area contributed by atoms with Gasteiger partial charge < -0.3 is 0 Å². The minimum absolute atomic E-state index is 0.115. The van der Waals surface area contributed by atoms with Crippen LogP contribution in [-0.2, 0) is 0 Å². The first-order valence-corrected chi connectivity index (χ1v) is 4.86. The quantitative estimate of drug-likeness (QED) is 0.516. The van der Waals surface area contributed by atoms with E-state index in [0.717, 1.165) is 11.6 Å². The van der Waals surface area contributed by atoms with Gasteiger partial charge in [0.05, 0.1) is 5.56 Å². The van der Waals surface area contributed by atoms with Crippen LogP contribution in [0.3, 0.4) is 0 Å². The molecule has 2 aromatic heterocycles. The highest BCUT2D eigenvalue weighted by Crippen LogP contribution is 2.10. The highest BCUT2D eigenvalue weighted by Gasteiger charge is 2.00. The third-order valence-corrected chi connectivity index (χ3v) is 2.03. The van der Waals surface area contributed by atoms with Gasteiger partial charge in [0.2, 0.25) is 0 Å². The van der Waals surface area contributed by atoms with Crippen molar-refractivity contribution in [1.82, 2.24) is 9.97 Å². The van der Waals surface area contributed by atoms with Gasteiger partial charge in [0.15, 0.2) is 0 Å². The second-order valence-corrected chi connectivity index (χ2v) is 3.37. The summed E-state index contributed by atoms with van der Waals surface area (Å²) in [5, 5.41) is 0.115. The highest BCUT2D eigenvalue weighted by atomic mass is 35.5. The molecule has 2 rings (SSSR count). The highest BCUT2D eigenvalue weighted by molar-refractivity contribution is 6.29. The van der Waals surface area contributed by atoms with Crippen molar-refractivity contribution in [2.45, 2.75) is 0 Å². The largest absolute Gasteiger partial charge is 0.263 e. The van der Waals surface area contributed by atoms with Crippen LogP contribution in [0.1, 0.15) is 11.1 Å². The van der Waals surface area contributed by atoms with Crippen LogP contribution < -0.4 is 0 Å². The molecule has 0 aliphatic carbocycles. The third kappa shape index (κ3) is 2.56. The van der Waals surface area contributed by atoms with E-state index in [-0.39, 0.29) is 10.7 Å². The molecule has 0 amide bonds. The van der Waals surface area contributed by atoms with Crippen molar-refractivity contribution >= 4 is 11.6 Å². The predicted octanol–water partition coefficient (Wildman–Crippen LogP) is 2.67. The minimum atomic E-state index is -0.476. The van der Waals surface area contributed by atoms with Crippen LogP contribution in [-0.4, -0.2) is 9.97 Å². The molecule has 2 nitrogen and oxygen atoms in total. The molecular weight excluding hydrogens is 227 g/mol. The van der Waals surface area contributed by atoms with E-state index in [1.54, 1.807) is 24.5 Å². The van der Waals surface area contributed by atoms with E-state index in [0.29, 0.717) is 0 Å². The zero-order valence-corrected chi connectivity index (χ0v) is 8.87. The van der Waals surface area contributed by atoms with Gasteiger partial charge in [0.25, 0.3) is 0 Å². The lowest BCUT2D eigenvalue weighted by Crippen LogP contribution is -1.86. The standard InChI is InChI=1S/C12H6ClFN2/c13-12-6-11(14)10(8-16-12)4-3-9-2-1-5-15-7-9/h1-2,5-8H. The van der Waals surface area contributed by atoms with Gasteiger partial charge in [-0.1, -0.05) is 23.4 Å². The summed E-state index contributed by atoms with van der Waals surface area (Å²) in [6, 6.07) is 4.69. The normalized spacial score (nSPS) is 9.38. The summed E-state index contributed by atoms with van der Waals surface area (Å²) in [4.78, 5) is 7.66. The molecule has 2 aromatic rings. The van der Waals surface area contributed by atoms with Gasteiger partial charge in [-0.15, -0.1) is 0 Å². The molecule has 78 valence electrons. The molecule has 0 spiro atoms.